The molecule has 1 heterocycles. The number of hydrogen-bond acceptors (Lipinski definition) is 4. The standard InChI is InChI=1S/C20H25NO3S/c22-19(21-10-13-1-2-17-18(6-13)24-12-23-17)11-25-20-7-14-3-15(8-20)5-16(4-14)9-20/h1-2,6,14-16H,3-5,7-12H2,(H,21,22). The van der Waals surface area contributed by atoms with Gasteiger partial charge in [0.2, 0.25) is 12.7 Å². The third-order valence-electron chi connectivity index (χ3n) is 6.42. The second kappa shape index (κ2) is 6.11. The van der Waals surface area contributed by atoms with Gasteiger partial charge in [0, 0.05) is 11.3 Å². The average molecular weight is 359 g/mol. The molecule has 0 radical (unpaired) electrons. The van der Waals surface area contributed by atoms with Crippen LogP contribution in [0.2, 0.25) is 0 Å². The molecule has 6 rings (SSSR count). The molecule has 0 saturated heterocycles. The van der Waals surface area contributed by atoms with Gasteiger partial charge >= 0.3 is 0 Å². The van der Waals surface area contributed by atoms with E-state index in [0.29, 0.717) is 17.0 Å². The van der Waals surface area contributed by atoms with Crippen LogP contribution in [0.1, 0.15) is 44.1 Å². The number of ether oxygens (including phenoxy) is 2. The molecule has 4 aliphatic carbocycles. The minimum absolute atomic E-state index is 0.151. The summed E-state index contributed by atoms with van der Waals surface area (Å²) in [4.78, 5) is 12.4. The quantitative estimate of drug-likeness (QED) is 0.870. The first-order chi connectivity index (χ1) is 12.2. The summed E-state index contributed by atoms with van der Waals surface area (Å²) in [6.45, 7) is 0.837. The summed E-state index contributed by atoms with van der Waals surface area (Å²) in [6.07, 6.45) is 8.40. The summed E-state index contributed by atoms with van der Waals surface area (Å²) in [5.41, 5.74) is 1.05. The van der Waals surface area contributed by atoms with E-state index in [1.54, 1.807) is 0 Å². The number of amides is 1. The number of carbonyl (C=O) groups is 1. The number of carbonyl (C=O) groups excluding carboxylic acids is 1. The van der Waals surface area contributed by atoms with Gasteiger partial charge in [-0.3, -0.25) is 4.79 Å². The van der Waals surface area contributed by atoms with Gasteiger partial charge < -0.3 is 14.8 Å². The zero-order valence-corrected chi connectivity index (χ0v) is 15.3. The van der Waals surface area contributed by atoms with Crippen LogP contribution in [0, 0.1) is 17.8 Å². The molecule has 0 spiro atoms. The van der Waals surface area contributed by atoms with Gasteiger partial charge in [0.05, 0.1) is 5.75 Å². The van der Waals surface area contributed by atoms with Crippen LogP contribution < -0.4 is 14.8 Å². The number of fused-ring (bicyclic) bond motifs is 1. The monoisotopic (exact) mass is 359 g/mol. The van der Waals surface area contributed by atoms with Gasteiger partial charge in [0.1, 0.15) is 0 Å². The molecule has 134 valence electrons. The van der Waals surface area contributed by atoms with E-state index in [1.165, 1.54) is 38.5 Å². The van der Waals surface area contributed by atoms with Crippen LogP contribution >= 0.6 is 11.8 Å². The fourth-order valence-electron chi connectivity index (χ4n) is 5.73. The highest BCUT2D eigenvalue weighted by molar-refractivity contribution is 8.01. The first-order valence-electron chi connectivity index (χ1n) is 9.47. The van der Waals surface area contributed by atoms with Crippen molar-refractivity contribution >= 4 is 17.7 Å². The van der Waals surface area contributed by atoms with E-state index in [2.05, 4.69) is 5.32 Å². The lowest BCUT2D eigenvalue weighted by Crippen LogP contribution is -2.49. The highest BCUT2D eigenvalue weighted by Gasteiger charge is 2.51. The van der Waals surface area contributed by atoms with E-state index in [9.17, 15) is 4.79 Å². The Labute approximate surface area is 153 Å². The Kier molecular flexibility index (Phi) is 3.88. The largest absolute Gasteiger partial charge is 0.454 e. The van der Waals surface area contributed by atoms with Gasteiger partial charge in [-0.1, -0.05) is 6.07 Å². The molecule has 1 aromatic rings. The second-order valence-corrected chi connectivity index (χ2v) is 9.80. The highest BCUT2D eigenvalue weighted by atomic mass is 32.2. The molecule has 1 N–H and O–H groups in total. The normalized spacial score (nSPS) is 34.3. The molecular weight excluding hydrogens is 334 g/mol. The average Bonchev–Trinajstić information content (AvgIpc) is 3.05. The molecule has 1 aliphatic heterocycles. The molecule has 0 unspecified atom stereocenters. The number of thioether (sulfide) groups is 1. The Balaban J connectivity index is 1.14. The Bertz CT molecular complexity index is 654. The summed E-state index contributed by atoms with van der Waals surface area (Å²) >= 11 is 1.94. The lowest BCUT2D eigenvalue weighted by Gasteiger charge is -2.56. The van der Waals surface area contributed by atoms with Crippen LogP contribution in [0.25, 0.3) is 0 Å². The summed E-state index contributed by atoms with van der Waals surface area (Å²) in [5, 5.41) is 3.07. The molecular formula is C20H25NO3S. The molecule has 1 aromatic carbocycles. The third kappa shape index (κ3) is 3.12. The van der Waals surface area contributed by atoms with E-state index in [1.807, 2.05) is 30.0 Å². The minimum Gasteiger partial charge on any atom is -0.454 e. The van der Waals surface area contributed by atoms with Gasteiger partial charge in [0.25, 0.3) is 0 Å². The van der Waals surface area contributed by atoms with Gasteiger partial charge in [-0.2, -0.15) is 0 Å². The molecule has 4 saturated carbocycles. The maximum Gasteiger partial charge on any atom is 0.231 e. The minimum atomic E-state index is 0.151. The summed E-state index contributed by atoms with van der Waals surface area (Å²) < 4.78 is 11.1. The van der Waals surface area contributed by atoms with Gasteiger partial charge in [-0.15, -0.1) is 11.8 Å². The van der Waals surface area contributed by atoms with Crippen LogP contribution in [0.15, 0.2) is 18.2 Å². The summed E-state index contributed by atoms with van der Waals surface area (Å²) in [7, 11) is 0. The molecule has 4 bridgehead atoms. The van der Waals surface area contributed by atoms with E-state index in [0.717, 1.165) is 34.8 Å². The summed E-state index contributed by atoms with van der Waals surface area (Å²) in [5.74, 6) is 5.12. The lowest BCUT2D eigenvalue weighted by atomic mass is 9.56. The summed E-state index contributed by atoms with van der Waals surface area (Å²) in [6, 6.07) is 5.85. The Morgan fingerprint density at radius 2 is 1.76 bits per heavy atom. The van der Waals surface area contributed by atoms with Crippen molar-refractivity contribution in [2.45, 2.75) is 49.8 Å². The fraction of sp³-hybridized carbons (Fsp3) is 0.650. The van der Waals surface area contributed by atoms with Crippen molar-refractivity contribution in [2.24, 2.45) is 17.8 Å². The lowest BCUT2D eigenvalue weighted by molar-refractivity contribution is -0.118. The molecule has 25 heavy (non-hydrogen) atoms. The number of nitrogens with one attached hydrogen (secondary N) is 1. The first-order valence-corrected chi connectivity index (χ1v) is 10.5. The second-order valence-electron chi connectivity index (χ2n) is 8.35. The van der Waals surface area contributed by atoms with Crippen LogP contribution in [0.5, 0.6) is 11.5 Å². The highest BCUT2D eigenvalue weighted by Crippen LogP contribution is 2.60. The van der Waals surface area contributed by atoms with Crippen molar-refractivity contribution in [1.29, 1.82) is 0 Å². The Morgan fingerprint density at radius 3 is 2.48 bits per heavy atom. The van der Waals surface area contributed by atoms with E-state index >= 15 is 0 Å². The SMILES string of the molecule is O=C(CSC12CC3CC(CC(C3)C1)C2)NCc1ccc2c(c1)OCO2. The van der Waals surface area contributed by atoms with Crippen LogP contribution in [-0.4, -0.2) is 23.2 Å². The molecule has 0 atom stereocenters. The van der Waals surface area contributed by atoms with Gasteiger partial charge in [-0.05, 0) is 74.0 Å². The van der Waals surface area contributed by atoms with Crippen molar-refractivity contribution in [3.8, 4) is 11.5 Å². The molecule has 5 aliphatic rings. The molecule has 0 aromatic heterocycles. The van der Waals surface area contributed by atoms with Crippen LogP contribution in [0.4, 0.5) is 0 Å². The molecule has 4 fully saturated rings. The van der Waals surface area contributed by atoms with Crippen molar-refractivity contribution in [3.05, 3.63) is 23.8 Å². The maximum absolute atomic E-state index is 12.4. The van der Waals surface area contributed by atoms with Crippen LogP contribution in [0.3, 0.4) is 0 Å². The van der Waals surface area contributed by atoms with Crippen molar-refractivity contribution in [2.75, 3.05) is 12.5 Å². The zero-order chi connectivity index (χ0) is 16.9. The topological polar surface area (TPSA) is 47.6 Å². The Hall–Kier alpha value is -1.36. The molecule has 4 nitrogen and oxygen atoms in total. The number of benzene rings is 1. The van der Waals surface area contributed by atoms with Crippen molar-refractivity contribution in [1.82, 2.24) is 5.32 Å². The van der Waals surface area contributed by atoms with Crippen molar-refractivity contribution < 1.29 is 14.3 Å². The molecule has 5 heteroatoms. The van der Waals surface area contributed by atoms with Crippen molar-refractivity contribution in [3.63, 3.8) is 0 Å². The van der Waals surface area contributed by atoms with Gasteiger partial charge in [-0.25, -0.2) is 0 Å². The maximum atomic E-state index is 12.4. The fourth-order valence-corrected chi connectivity index (χ4v) is 7.33. The first kappa shape index (κ1) is 15.9. The number of hydrogen-bond donors (Lipinski definition) is 1. The zero-order valence-electron chi connectivity index (χ0n) is 14.5. The smallest absolute Gasteiger partial charge is 0.231 e. The van der Waals surface area contributed by atoms with Gasteiger partial charge in [0.15, 0.2) is 11.5 Å². The third-order valence-corrected chi connectivity index (χ3v) is 7.94. The van der Waals surface area contributed by atoms with Crippen LogP contribution in [-0.2, 0) is 11.3 Å². The molecule has 1 amide bonds. The predicted octanol–water partition coefficient (Wildman–Crippen LogP) is 3.73. The Morgan fingerprint density at radius 1 is 1.08 bits per heavy atom. The van der Waals surface area contributed by atoms with E-state index in [4.69, 9.17) is 9.47 Å². The number of rotatable bonds is 5. The van der Waals surface area contributed by atoms with E-state index < -0.39 is 0 Å². The predicted molar refractivity (Wildman–Crippen MR) is 97.8 cm³/mol. The van der Waals surface area contributed by atoms with E-state index in [-0.39, 0.29) is 12.7 Å².